The van der Waals surface area contributed by atoms with Gasteiger partial charge in [-0.3, -0.25) is 0 Å². The first-order valence-electron chi connectivity index (χ1n) is 6.07. The number of anilines is 1. The maximum atomic E-state index is 13.6. The molecule has 2 N–H and O–H groups in total. The lowest BCUT2D eigenvalue weighted by Crippen LogP contribution is -2.34. The van der Waals surface area contributed by atoms with Gasteiger partial charge in [-0.1, -0.05) is 11.8 Å². The molecule has 0 aliphatic heterocycles. The maximum absolute atomic E-state index is 13.6. The number of halogens is 1. The van der Waals surface area contributed by atoms with Crippen LogP contribution in [0.1, 0.15) is 19.4 Å². The molecule has 102 valence electrons. The number of hydrogen-bond acceptors (Lipinski definition) is 2. The van der Waals surface area contributed by atoms with Crippen LogP contribution in [0, 0.1) is 17.7 Å². The molecule has 0 radical (unpaired) electrons. The minimum Gasteiger partial charge on any atom is -0.384 e. The van der Waals surface area contributed by atoms with E-state index in [9.17, 15) is 9.18 Å². The van der Waals surface area contributed by atoms with Crippen molar-refractivity contribution >= 4 is 11.7 Å². The van der Waals surface area contributed by atoms with Crippen molar-refractivity contribution in [2.45, 2.75) is 13.8 Å². The highest BCUT2D eigenvalue weighted by molar-refractivity contribution is 5.89. The average Bonchev–Trinajstić information content (AvgIpc) is 2.39. The molecule has 2 amide bonds. The third-order valence-corrected chi connectivity index (χ3v) is 2.57. The highest BCUT2D eigenvalue weighted by atomic mass is 19.1. The maximum Gasteiger partial charge on any atom is 0.321 e. The topological polar surface area (TPSA) is 52.6 Å². The van der Waals surface area contributed by atoms with Crippen LogP contribution in [-0.2, 0) is 0 Å². The largest absolute Gasteiger partial charge is 0.384 e. The molecular formula is C14H17FN2O2. The Labute approximate surface area is 112 Å². The van der Waals surface area contributed by atoms with E-state index >= 15 is 0 Å². The van der Waals surface area contributed by atoms with Gasteiger partial charge in [-0.2, -0.15) is 0 Å². The fourth-order valence-electron chi connectivity index (χ4n) is 1.54. The molecule has 0 atom stereocenters. The Morgan fingerprint density at radius 1 is 1.42 bits per heavy atom. The van der Waals surface area contributed by atoms with E-state index in [0.717, 1.165) is 0 Å². The number of aliphatic hydroxyl groups is 1. The van der Waals surface area contributed by atoms with Crippen molar-refractivity contribution in [3.63, 3.8) is 0 Å². The summed E-state index contributed by atoms with van der Waals surface area (Å²) in [6.07, 6.45) is 0. The van der Waals surface area contributed by atoms with Crippen LogP contribution in [0.4, 0.5) is 14.9 Å². The van der Waals surface area contributed by atoms with E-state index in [1.165, 1.54) is 12.1 Å². The fraction of sp³-hybridized carbons (Fsp3) is 0.357. The van der Waals surface area contributed by atoms with E-state index in [0.29, 0.717) is 18.8 Å². The van der Waals surface area contributed by atoms with Gasteiger partial charge in [0.2, 0.25) is 0 Å². The number of hydrogen-bond donors (Lipinski definition) is 2. The van der Waals surface area contributed by atoms with Crippen LogP contribution >= 0.6 is 0 Å². The zero-order valence-electron chi connectivity index (χ0n) is 11.0. The Morgan fingerprint density at radius 3 is 2.63 bits per heavy atom. The van der Waals surface area contributed by atoms with Gasteiger partial charge >= 0.3 is 6.03 Å². The Kier molecular flexibility index (Phi) is 5.83. The molecular weight excluding hydrogens is 247 g/mol. The first-order valence-corrected chi connectivity index (χ1v) is 6.07. The second-order valence-corrected chi connectivity index (χ2v) is 3.76. The van der Waals surface area contributed by atoms with Gasteiger partial charge in [-0.15, -0.1) is 0 Å². The zero-order valence-corrected chi connectivity index (χ0v) is 11.0. The van der Waals surface area contributed by atoms with Gasteiger partial charge in [0.25, 0.3) is 0 Å². The molecule has 1 aromatic carbocycles. The van der Waals surface area contributed by atoms with Crippen LogP contribution in [0.5, 0.6) is 0 Å². The lowest BCUT2D eigenvalue weighted by Gasteiger charge is -2.19. The number of urea groups is 1. The second-order valence-electron chi connectivity index (χ2n) is 3.76. The first-order chi connectivity index (χ1) is 9.12. The van der Waals surface area contributed by atoms with Gasteiger partial charge in [0.1, 0.15) is 12.4 Å². The predicted molar refractivity (Wildman–Crippen MR) is 72.3 cm³/mol. The predicted octanol–water partition coefficient (Wildman–Crippen LogP) is 2.04. The van der Waals surface area contributed by atoms with Crippen molar-refractivity contribution in [2.75, 3.05) is 25.0 Å². The Hall–Kier alpha value is -2.06. The molecule has 0 aromatic heterocycles. The number of carbonyl (C=O) groups is 1. The highest BCUT2D eigenvalue weighted by Gasteiger charge is 2.10. The summed E-state index contributed by atoms with van der Waals surface area (Å²) in [5.74, 6) is 4.33. The van der Waals surface area contributed by atoms with E-state index in [2.05, 4.69) is 17.2 Å². The Balaban J connectivity index is 2.81. The molecule has 0 aliphatic carbocycles. The monoisotopic (exact) mass is 264 g/mol. The third kappa shape index (κ3) is 4.27. The van der Waals surface area contributed by atoms with Gasteiger partial charge in [0.15, 0.2) is 0 Å². The van der Waals surface area contributed by atoms with E-state index < -0.39 is 5.82 Å². The zero-order chi connectivity index (χ0) is 14.3. The summed E-state index contributed by atoms with van der Waals surface area (Å²) in [5, 5.41) is 11.2. The molecule has 1 rings (SSSR count). The van der Waals surface area contributed by atoms with Gasteiger partial charge < -0.3 is 15.3 Å². The molecule has 0 heterocycles. The highest BCUT2D eigenvalue weighted by Crippen LogP contribution is 2.14. The van der Waals surface area contributed by atoms with Crippen molar-refractivity contribution in [3.05, 3.63) is 29.6 Å². The molecule has 0 saturated carbocycles. The van der Waals surface area contributed by atoms with Crippen molar-refractivity contribution in [3.8, 4) is 11.8 Å². The van der Waals surface area contributed by atoms with Crippen molar-refractivity contribution in [1.29, 1.82) is 0 Å². The summed E-state index contributed by atoms with van der Waals surface area (Å²) in [7, 11) is 0. The smallest absolute Gasteiger partial charge is 0.321 e. The Bertz CT molecular complexity index is 502. The number of aliphatic hydroxyl groups excluding tert-OH is 1. The summed E-state index contributed by atoms with van der Waals surface area (Å²) in [4.78, 5) is 13.4. The number of nitrogens with zero attached hydrogens (tertiary/aromatic N) is 1. The van der Waals surface area contributed by atoms with Crippen LogP contribution in [0.15, 0.2) is 18.2 Å². The van der Waals surface area contributed by atoms with Crippen LogP contribution < -0.4 is 5.32 Å². The van der Waals surface area contributed by atoms with Crippen molar-refractivity contribution < 1.29 is 14.3 Å². The number of amides is 2. The van der Waals surface area contributed by atoms with Gasteiger partial charge in [-0.25, -0.2) is 9.18 Å². The van der Waals surface area contributed by atoms with Crippen LogP contribution in [0.3, 0.4) is 0 Å². The molecule has 0 spiro atoms. The molecule has 1 aromatic rings. The standard InChI is InChI=1S/C14H17FN2O2/c1-3-17(4-2)14(19)16-12-8-7-11(6-5-9-18)13(15)10-12/h7-8,10,18H,3-4,9H2,1-2H3,(H,16,19). The minimum absolute atomic E-state index is 0.190. The van der Waals surface area contributed by atoms with Gasteiger partial charge in [-0.05, 0) is 32.0 Å². The number of benzene rings is 1. The first kappa shape index (κ1) is 15.0. The summed E-state index contributed by atoms with van der Waals surface area (Å²) in [6.45, 7) is 4.60. The molecule has 19 heavy (non-hydrogen) atoms. The summed E-state index contributed by atoms with van der Waals surface area (Å²) in [5.41, 5.74) is 0.568. The quantitative estimate of drug-likeness (QED) is 0.821. The van der Waals surface area contributed by atoms with Crippen molar-refractivity contribution in [1.82, 2.24) is 4.90 Å². The number of carbonyl (C=O) groups excluding carboxylic acids is 1. The third-order valence-electron chi connectivity index (χ3n) is 2.57. The second kappa shape index (κ2) is 7.39. The molecule has 0 saturated heterocycles. The minimum atomic E-state index is -0.529. The lowest BCUT2D eigenvalue weighted by molar-refractivity contribution is 0.217. The molecule has 0 fully saturated rings. The van der Waals surface area contributed by atoms with E-state index in [-0.39, 0.29) is 18.2 Å². The normalized spacial score (nSPS) is 9.47. The average molecular weight is 264 g/mol. The molecule has 0 unspecified atom stereocenters. The SMILES string of the molecule is CCN(CC)C(=O)Nc1ccc(C#CCO)c(F)c1. The molecule has 4 nitrogen and oxygen atoms in total. The van der Waals surface area contributed by atoms with Crippen LogP contribution in [0.25, 0.3) is 0 Å². The van der Waals surface area contributed by atoms with E-state index in [4.69, 9.17) is 5.11 Å². The molecule has 0 aliphatic rings. The van der Waals surface area contributed by atoms with Gasteiger partial charge in [0.05, 0.1) is 5.56 Å². The Morgan fingerprint density at radius 2 is 2.11 bits per heavy atom. The molecule has 0 bridgehead atoms. The summed E-state index contributed by atoms with van der Waals surface area (Å²) >= 11 is 0. The summed E-state index contributed by atoms with van der Waals surface area (Å²) < 4.78 is 13.6. The van der Waals surface area contributed by atoms with Gasteiger partial charge in [0, 0.05) is 18.8 Å². The number of rotatable bonds is 3. The van der Waals surface area contributed by atoms with Crippen molar-refractivity contribution in [2.24, 2.45) is 0 Å². The van der Waals surface area contributed by atoms with E-state index in [1.54, 1.807) is 11.0 Å². The molecule has 5 heteroatoms. The lowest BCUT2D eigenvalue weighted by atomic mass is 10.2. The van der Waals surface area contributed by atoms with E-state index in [1.807, 2.05) is 13.8 Å². The summed E-state index contributed by atoms with van der Waals surface area (Å²) in [6, 6.07) is 3.99. The van der Waals surface area contributed by atoms with Crippen LogP contribution in [-0.4, -0.2) is 35.7 Å². The fourth-order valence-corrected chi connectivity index (χ4v) is 1.54. The van der Waals surface area contributed by atoms with Crippen LogP contribution in [0.2, 0.25) is 0 Å². The number of nitrogens with one attached hydrogen (secondary N) is 1.